The van der Waals surface area contributed by atoms with Gasteiger partial charge in [-0.15, -0.1) is 0 Å². The largest absolute Gasteiger partial charge is 0.481 e. The summed E-state index contributed by atoms with van der Waals surface area (Å²) in [6, 6.07) is 7.26. The summed E-state index contributed by atoms with van der Waals surface area (Å²) >= 11 is 0. The SMILES string of the molecule is CCOc1cc(C(Cc2ccc(F)cc2)C(=O)O)ncn1. The van der Waals surface area contributed by atoms with Crippen molar-refractivity contribution in [2.24, 2.45) is 0 Å². The minimum absolute atomic E-state index is 0.220. The standard InChI is InChI=1S/C15H15FN2O3/c1-2-21-14-8-13(17-9-18-14)12(15(19)20)7-10-3-5-11(16)6-4-10/h3-6,8-9,12H,2,7H2,1H3,(H,19,20). The normalized spacial score (nSPS) is 11.9. The first kappa shape index (κ1) is 14.9. The van der Waals surface area contributed by atoms with Crippen LogP contribution in [-0.4, -0.2) is 27.7 Å². The molecule has 0 spiro atoms. The lowest BCUT2D eigenvalue weighted by atomic mass is 9.96. The molecule has 0 saturated carbocycles. The van der Waals surface area contributed by atoms with Crippen LogP contribution in [0, 0.1) is 5.82 Å². The summed E-state index contributed by atoms with van der Waals surface area (Å²) in [6.45, 7) is 2.25. The Bertz CT molecular complexity index is 617. The van der Waals surface area contributed by atoms with Gasteiger partial charge < -0.3 is 9.84 Å². The minimum atomic E-state index is -1.000. The van der Waals surface area contributed by atoms with Crippen LogP contribution in [0.2, 0.25) is 0 Å². The number of aliphatic carboxylic acids is 1. The van der Waals surface area contributed by atoms with Crippen molar-refractivity contribution in [1.29, 1.82) is 0 Å². The number of ether oxygens (including phenoxy) is 1. The molecule has 1 aromatic carbocycles. The highest BCUT2D eigenvalue weighted by Gasteiger charge is 2.22. The van der Waals surface area contributed by atoms with Crippen LogP contribution < -0.4 is 4.74 Å². The maximum absolute atomic E-state index is 12.9. The Kier molecular flexibility index (Phi) is 4.81. The van der Waals surface area contributed by atoms with Crippen LogP contribution in [0.1, 0.15) is 24.1 Å². The van der Waals surface area contributed by atoms with Gasteiger partial charge >= 0.3 is 5.97 Å². The molecule has 1 N–H and O–H groups in total. The molecule has 0 aliphatic carbocycles. The summed E-state index contributed by atoms with van der Waals surface area (Å²) in [6.07, 6.45) is 1.50. The predicted octanol–water partition coefficient (Wildman–Crippen LogP) is 2.43. The van der Waals surface area contributed by atoms with Gasteiger partial charge in [0.2, 0.25) is 5.88 Å². The lowest BCUT2D eigenvalue weighted by molar-refractivity contribution is -0.138. The minimum Gasteiger partial charge on any atom is -0.481 e. The molecule has 0 aliphatic rings. The third-order valence-corrected chi connectivity index (χ3v) is 2.96. The first-order valence-electron chi connectivity index (χ1n) is 6.52. The van der Waals surface area contributed by atoms with Crippen LogP contribution in [0.5, 0.6) is 5.88 Å². The fourth-order valence-corrected chi connectivity index (χ4v) is 1.95. The number of nitrogens with zero attached hydrogens (tertiary/aromatic N) is 2. The Morgan fingerprint density at radius 1 is 1.33 bits per heavy atom. The van der Waals surface area contributed by atoms with Gasteiger partial charge in [0.1, 0.15) is 18.1 Å². The first-order valence-corrected chi connectivity index (χ1v) is 6.52. The monoisotopic (exact) mass is 290 g/mol. The zero-order chi connectivity index (χ0) is 15.2. The molecule has 110 valence electrons. The molecule has 0 bridgehead atoms. The molecule has 0 fully saturated rings. The van der Waals surface area contributed by atoms with E-state index in [-0.39, 0.29) is 12.2 Å². The van der Waals surface area contributed by atoms with Crippen LogP contribution in [0.25, 0.3) is 0 Å². The van der Waals surface area contributed by atoms with Gasteiger partial charge in [-0.2, -0.15) is 0 Å². The average molecular weight is 290 g/mol. The van der Waals surface area contributed by atoms with E-state index in [1.807, 2.05) is 6.92 Å². The number of carboxylic acids is 1. The van der Waals surface area contributed by atoms with Gasteiger partial charge in [-0.05, 0) is 31.0 Å². The molecule has 6 heteroatoms. The van der Waals surface area contributed by atoms with Crippen LogP contribution in [0.15, 0.2) is 36.7 Å². The fraction of sp³-hybridized carbons (Fsp3) is 0.267. The van der Waals surface area contributed by atoms with Crippen molar-refractivity contribution in [2.45, 2.75) is 19.3 Å². The van der Waals surface area contributed by atoms with E-state index in [9.17, 15) is 14.3 Å². The topological polar surface area (TPSA) is 72.3 Å². The van der Waals surface area contributed by atoms with Crippen LogP contribution in [-0.2, 0) is 11.2 Å². The molecule has 0 saturated heterocycles. The molecule has 21 heavy (non-hydrogen) atoms. The number of hydrogen-bond acceptors (Lipinski definition) is 4. The van der Waals surface area contributed by atoms with Crippen molar-refractivity contribution < 1.29 is 19.0 Å². The fourth-order valence-electron chi connectivity index (χ4n) is 1.95. The highest BCUT2D eigenvalue weighted by atomic mass is 19.1. The molecule has 2 rings (SSSR count). The van der Waals surface area contributed by atoms with E-state index in [4.69, 9.17) is 4.74 Å². The Labute approximate surface area is 121 Å². The van der Waals surface area contributed by atoms with Gasteiger partial charge in [0.25, 0.3) is 0 Å². The first-order chi connectivity index (χ1) is 10.1. The lowest BCUT2D eigenvalue weighted by Gasteiger charge is -2.12. The second-order valence-corrected chi connectivity index (χ2v) is 4.44. The molecule has 0 amide bonds. The third-order valence-electron chi connectivity index (χ3n) is 2.96. The van der Waals surface area contributed by atoms with Gasteiger partial charge in [-0.25, -0.2) is 14.4 Å². The summed E-state index contributed by atoms with van der Waals surface area (Å²) in [5.74, 6) is -1.85. The molecule has 0 radical (unpaired) electrons. The van der Waals surface area contributed by atoms with Crippen molar-refractivity contribution >= 4 is 5.97 Å². The second kappa shape index (κ2) is 6.78. The number of hydrogen-bond donors (Lipinski definition) is 1. The predicted molar refractivity (Wildman–Crippen MR) is 73.7 cm³/mol. The summed E-state index contributed by atoms with van der Waals surface area (Å²) in [4.78, 5) is 19.4. The van der Waals surface area contributed by atoms with Gasteiger partial charge in [-0.3, -0.25) is 4.79 Å². The van der Waals surface area contributed by atoms with Crippen molar-refractivity contribution in [1.82, 2.24) is 9.97 Å². The van der Waals surface area contributed by atoms with Gasteiger partial charge in [0.05, 0.1) is 12.3 Å². The van der Waals surface area contributed by atoms with Crippen molar-refractivity contribution in [2.75, 3.05) is 6.61 Å². The van der Waals surface area contributed by atoms with Crippen molar-refractivity contribution in [3.05, 3.63) is 53.7 Å². The number of halogens is 1. The maximum atomic E-state index is 12.9. The Morgan fingerprint density at radius 2 is 2.05 bits per heavy atom. The summed E-state index contributed by atoms with van der Waals surface area (Å²) < 4.78 is 18.1. The number of carboxylic acid groups (broad SMARTS) is 1. The van der Waals surface area contributed by atoms with Gasteiger partial charge in [0.15, 0.2) is 0 Å². The summed E-state index contributed by atoms with van der Waals surface area (Å²) in [5, 5.41) is 9.39. The molecule has 0 aliphatic heterocycles. The smallest absolute Gasteiger partial charge is 0.312 e. The number of rotatable bonds is 6. The Morgan fingerprint density at radius 3 is 2.67 bits per heavy atom. The third kappa shape index (κ3) is 3.98. The van der Waals surface area contributed by atoms with Crippen LogP contribution in [0.3, 0.4) is 0 Å². The average Bonchev–Trinajstić information content (AvgIpc) is 2.47. The maximum Gasteiger partial charge on any atom is 0.312 e. The van der Waals surface area contributed by atoms with Crippen molar-refractivity contribution in [3.8, 4) is 5.88 Å². The number of benzene rings is 1. The van der Waals surface area contributed by atoms with E-state index < -0.39 is 11.9 Å². The zero-order valence-corrected chi connectivity index (χ0v) is 11.5. The highest BCUT2D eigenvalue weighted by molar-refractivity contribution is 5.76. The quantitative estimate of drug-likeness (QED) is 0.884. The molecule has 1 heterocycles. The van der Waals surface area contributed by atoms with Crippen LogP contribution in [0.4, 0.5) is 4.39 Å². The number of carbonyl (C=O) groups is 1. The van der Waals surface area contributed by atoms with E-state index in [1.54, 1.807) is 12.1 Å². The van der Waals surface area contributed by atoms with E-state index in [0.29, 0.717) is 18.2 Å². The van der Waals surface area contributed by atoms with Gasteiger partial charge in [-0.1, -0.05) is 12.1 Å². The van der Waals surface area contributed by atoms with E-state index in [1.165, 1.54) is 24.5 Å². The molecule has 5 nitrogen and oxygen atoms in total. The van der Waals surface area contributed by atoms with E-state index in [0.717, 1.165) is 5.56 Å². The highest BCUT2D eigenvalue weighted by Crippen LogP contribution is 2.22. The van der Waals surface area contributed by atoms with Gasteiger partial charge in [0, 0.05) is 6.07 Å². The molecule has 1 atom stereocenters. The van der Waals surface area contributed by atoms with Crippen molar-refractivity contribution in [3.63, 3.8) is 0 Å². The van der Waals surface area contributed by atoms with E-state index >= 15 is 0 Å². The van der Waals surface area contributed by atoms with Crippen LogP contribution >= 0.6 is 0 Å². The summed E-state index contributed by atoms with van der Waals surface area (Å²) in [5.41, 5.74) is 1.09. The molecule has 1 unspecified atom stereocenters. The molecule has 2 aromatic rings. The molecule has 1 aromatic heterocycles. The second-order valence-electron chi connectivity index (χ2n) is 4.44. The summed E-state index contributed by atoms with van der Waals surface area (Å²) in [7, 11) is 0. The zero-order valence-electron chi connectivity index (χ0n) is 11.5. The Balaban J connectivity index is 2.24. The molecular formula is C15H15FN2O3. The van der Waals surface area contributed by atoms with E-state index in [2.05, 4.69) is 9.97 Å². The number of aromatic nitrogens is 2. The molecular weight excluding hydrogens is 275 g/mol. The lowest BCUT2D eigenvalue weighted by Crippen LogP contribution is -2.16. The Hall–Kier alpha value is -2.50.